The van der Waals surface area contributed by atoms with Gasteiger partial charge in [0, 0.05) is 25.0 Å². The normalized spacial score (nSPS) is 10.5. The van der Waals surface area contributed by atoms with Crippen molar-refractivity contribution in [2.75, 3.05) is 12.4 Å². The van der Waals surface area contributed by atoms with E-state index in [1.165, 1.54) is 6.08 Å². The first-order valence-electron chi connectivity index (χ1n) is 9.05. The van der Waals surface area contributed by atoms with Crippen molar-refractivity contribution < 1.29 is 14.3 Å². The highest BCUT2D eigenvalue weighted by molar-refractivity contribution is 6.07. The van der Waals surface area contributed by atoms with Crippen molar-refractivity contribution in [3.63, 3.8) is 0 Å². The van der Waals surface area contributed by atoms with E-state index in [0.29, 0.717) is 17.8 Å². The van der Waals surface area contributed by atoms with E-state index in [1.807, 2.05) is 36.4 Å². The highest BCUT2D eigenvalue weighted by Crippen LogP contribution is 2.16. The average molecular weight is 387 g/mol. The van der Waals surface area contributed by atoms with Crippen LogP contribution >= 0.6 is 0 Å². The molecular weight excluding hydrogens is 366 g/mol. The van der Waals surface area contributed by atoms with E-state index < -0.39 is 0 Å². The molecule has 2 aromatic carbocycles. The Labute approximate surface area is 169 Å². The van der Waals surface area contributed by atoms with Crippen molar-refractivity contribution in [1.29, 1.82) is 0 Å². The van der Waals surface area contributed by atoms with Crippen molar-refractivity contribution >= 4 is 23.6 Å². The fourth-order valence-corrected chi connectivity index (χ4v) is 2.63. The number of methoxy groups -OCH3 is 1. The van der Waals surface area contributed by atoms with Gasteiger partial charge in [-0.05, 0) is 47.5 Å². The second-order valence-corrected chi connectivity index (χ2v) is 6.19. The molecule has 2 amide bonds. The van der Waals surface area contributed by atoms with Gasteiger partial charge in [0.05, 0.1) is 18.4 Å². The number of rotatable bonds is 7. The number of hydrogen-bond donors (Lipinski definition) is 2. The molecule has 0 spiro atoms. The molecule has 3 rings (SSSR count). The Balaban J connectivity index is 1.63. The molecule has 2 N–H and O–H groups in total. The second kappa shape index (κ2) is 9.85. The molecule has 6 heteroatoms. The van der Waals surface area contributed by atoms with Crippen LogP contribution in [0.3, 0.4) is 0 Å². The van der Waals surface area contributed by atoms with Gasteiger partial charge in [-0.25, -0.2) is 0 Å². The number of nitrogens with one attached hydrogen (secondary N) is 2. The number of ether oxygens (including phenoxy) is 1. The Bertz CT molecular complexity index is 999. The number of hydrogen-bond acceptors (Lipinski definition) is 4. The number of benzene rings is 2. The third-order valence-electron chi connectivity index (χ3n) is 4.15. The van der Waals surface area contributed by atoms with E-state index in [0.717, 1.165) is 16.9 Å². The zero-order chi connectivity index (χ0) is 20.5. The summed E-state index contributed by atoms with van der Waals surface area (Å²) in [5.74, 6) is 0.148. The fraction of sp³-hybridized carbons (Fsp3) is 0.0870. The molecule has 0 unspecified atom stereocenters. The largest absolute Gasteiger partial charge is 0.497 e. The van der Waals surface area contributed by atoms with Gasteiger partial charge in [0.15, 0.2) is 0 Å². The molecular formula is C23H21N3O3. The Morgan fingerprint density at radius 2 is 1.83 bits per heavy atom. The summed E-state index contributed by atoms with van der Waals surface area (Å²) in [7, 11) is 1.60. The van der Waals surface area contributed by atoms with Gasteiger partial charge in [0.1, 0.15) is 5.75 Å². The molecule has 29 heavy (non-hydrogen) atoms. The van der Waals surface area contributed by atoms with Gasteiger partial charge >= 0.3 is 0 Å². The zero-order valence-electron chi connectivity index (χ0n) is 16.0. The Kier molecular flexibility index (Phi) is 6.73. The lowest BCUT2D eigenvalue weighted by atomic mass is 10.1. The molecule has 1 aromatic heterocycles. The number of amides is 2. The van der Waals surface area contributed by atoms with Crippen LogP contribution in [-0.2, 0) is 11.3 Å². The molecule has 6 nitrogen and oxygen atoms in total. The minimum atomic E-state index is -0.326. The zero-order valence-corrected chi connectivity index (χ0v) is 16.0. The van der Waals surface area contributed by atoms with Crippen LogP contribution < -0.4 is 15.4 Å². The average Bonchev–Trinajstić information content (AvgIpc) is 2.77. The molecule has 146 valence electrons. The van der Waals surface area contributed by atoms with E-state index >= 15 is 0 Å². The van der Waals surface area contributed by atoms with Gasteiger partial charge < -0.3 is 15.4 Å². The molecule has 0 radical (unpaired) electrons. The molecule has 0 saturated carbocycles. The molecule has 3 aromatic rings. The highest BCUT2D eigenvalue weighted by Gasteiger charge is 2.12. The van der Waals surface area contributed by atoms with E-state index in [1.54, 1.807) is 49.8 Å². The first kappa shape index (κ1) is 19.8. The summed E-state index contributed by atoms with van der Waals surface area (Å²) in [6.07, 6.45) is 6.49. The van der Waals surface area contributed by atoms with Crippen LogP contribution in [0.25, 0.3) is 6.08 Å². The predicted octanol–water partition coefficient (Wildman–Crippen LogP) is 3.67. The number of carbonyl (C=O) groups is 2. The van der Waals surface area contributed by atoms with E-state index in [9.17, 15) is 9.59 Å². The Hall–Kier alpha value is -3.93. The maximum absolute atomic E-state index is 12.5. The van der Waals surface area contributed by atoms with Crippen LogP contribution in [0.1, 0.15) is 21.5 Å². The van der Waals surface area contributed by atoms with Crippen molar-refractivity contribution in [2.24, 2.45) is 0 Å². The first-order valence-corrected chi connectivity index (χ1v) is 9.05. The molecule has 0 saturated heterocycles. The number of para-hydroxylation sites is 1. The molecule has 0 atom stereocenters. The molecule has 0 aliphatic rings. The summed E-state index contributed by atoms with van der Waals surface area (Å²) in [5.41, 5.74) is 2.59. The smallest absolute Gasteiger partial charge is 0.253 e. The van der Waals surface area contributed by atoms with Crippen LogP contribution in [-0.4, -0.2) is 23.9 Å². The van der Waals surface area contributed by atoms with Gasteiger partial charge in [0.25, 0.3) is 5.91 Å². The summed E-state index contributed by atoms with van der Waals surface area (Å²) in [6, 6.07) is 17.9. The standard InChI is InChI=1S/C23H21N3O3/c1-29-19-11-8-17(9-12-19)10-13-22(27)26-21-7-3-2-6-20(21)23(28)25-16-18-5-4-14-24-15-18/h2-15H,16H2,1H3,(H,25,28)(H,26,27). The third-order valence-corrected chi connectivity index (χ3v) is 4.15. The summed E-state index contributed by atoms with van der Waals surface area (Å²) < 4.78 is 5.11. The van der Waals surface area contributed by atoms with Crippen LogP contribution in [0.5, 0.6) is 5.75 Å². The Morgan fingerprint density at radius 3 is 2.55 bits per heavy atom. The lowest BCUT2D eigenvalue weighted by Crippen LogP contribution is -2.24. The molecule has 1 heterocycles. The van der Waals surface area contributed by atoms with Gasteiger partial charge in [-0.2, -0.15) is 0 Å². The Morgan fingerprint density at radius 1 is 1.03 bits per heavy atom. The maximum atomic E-state index is 12.5. The summed E-state index contributed by atoms with van der Waals surface area (Å²) >= 11 is 0. The maximum Gasteiger partial charge on any atom is 0.253 e. The van der Waals surface area contributed by atoms with Crippen molar-refractivity contribution in [2.45, 2.75) is 6.54 Å². The van der Waals surface area contributed by atoms with Gasteiger partial charge in [-0.3, -0.25) is 14.6 Å². The van der Waals surface area contributed by atoms with Crippen LogP contribution in [0.2, 0.25) is 0 Å². The lowest BCUT2D eigenvalue weighted by Gasteiger charge is -2.10. The topological polar surface area (TPSA) is 80.3 Å². The predicted molar refractivity (Wildman–Crippen MR) is 113 cm³/mol. The SMILES string of the molecule is COc1ccc(C=CC(=O)Nc2ccccc2C(=O)NCc2cccnc2)cc1. The molecule has 0 aliphatic carbocycles. The minimum absolute atomic E-state index is 0.274. The quantitative estimate of drug-likeness (QED) is 0.606. The summed E-state index contributed by atoms with van der Waals surface area (Å²) in [6.45, 7) is 0.353. The van der Waals surface area contributed by atoms with Gasteiger partial charge in [-0.15, -0.1) is 0 Å². The van der Waals surface area contributed by atoms with Crippen molar-refractivity contribution in [3.8, 4) is 5.75 Å². The molecule has 0 fully saturated rings. The number of carbonyl (C=O) groups excluding carboxylic acids is 2. The third kappa shape index (κ3) is 5.77. The van der Waals surface area contributed by atoms with Crippen LogP contribution in [0, 0.1) is 0 Å². The minimum Gasteiger partial charge on any atom is -0.497 e. The second-order valence-electron chi connectivity index (χ2n) is 6.19. The molecule has 0 bridgehead atoms. The first-order chi connectivity index (χ1) is 14.2. The van der Waals surface area contributed by atoms with Crippen LogP contribution in [0.15, 0.2) is 79.1 Å². The summed E-state index contributed by atoms with van der Waals surface area (Å²) in [4.78, 5) is 28.9. The van der Waals surface area contributed by atoms with Crippen molar-refractivity contribution in [1.82, 2.24) is 10.3 Å². The summed E-state index contributed by atoms with van der Waals surface area (Å²) in [5, 5.41) is 5.60. The van der Waals surface area contributed by atoms with Crippen molar-refractivity contribution in [3.05, 3.63) is 95.8 Å². The van der Waals surface area contributed by atoms with Gasteiger partial charge in [-0.1, -0.05) is 30.3 Å². The number of aromatic nitrogens is 1. The van der Waals surface area contributed by atoms with Crippen LogP contribution in [0.4, 0.5) is 5.69 Å². The number of anilines is 1. The highest BCUT2D eigenvalue weighted by atomic mass is 16.5. The lowest BCUT2D eigenvalue weighted by molar-refractivity contribution is -0.111. The molecule has 0 aliphatic heterocycles. The van der Waals surface area contributed by atoms with E-state index in [4.69, 9.17) is 4.74 Å². The van der Waals surface area contributed by atoms with E-state index in [-0.39, 0.29) is 11.8 Å². The monoisotopic (exact) mass is 387 g/mol. The number of pyridine rings is 1. The fourth-order valence-electron chi connectivity index (χ4n) is 2.63. The van der Waals surface area contributed by atoms with E-state index in [2.05, 4.69) is 15.6 Å². The number of nitrogens with zero attached hydrogens (tertiary/aromatic N) is 1. The van der Waals surface area contributed by atoms with Gasteiger partial charge in [0.2, 0.25) is 5.91 Å².